The summed E-state index contributed by atoms with van der Waals surface area (Å²) in [5, 5.41) is 17.3. The van der Waals surface area contributed by atoms with Crippen LogP contribution in [0.5, 0.6) is 17.2 Å². The topological polar surface area (TPSA) is 107 Å². The molecule has 9 nitrogen and oxygen atoms in total. The summed E-state index contributed by atoms with van der Waals surface area (Å²) in [4.78, 5) is 12.7. The van der Waals surface area contributed by atoms with E-state index in [1.54, 1.807) is 22.9 Å². The molecule has 0 radical (unpaired) electrons. The van der Waals surface area contributed by atoms with Gasteiger partial charge < -0.3 is 19.9 Å². The third-order valence-corrected chi connectivity index (χ3v) is 4.22. The van der Waals surface area contributed by atoms with Gasteiger partial charge in [0.2, 0.25) is 0 Å². The maximum atomic E-state index is 8.89. The van der Waals surface area contributed by atoms with Crippen LogP contribution in [0.2, 0.25) is 5.15 Å². The van der Waals surface area contributed by atoms with E-state index in [0.29, 0.717) is 28.9 Å². The first-order valence-corrected chi connectivity index (χ1v) is 9.08. The van der Waals surface area contributed by atoms with E-state index in [2.05, 4.69) is 25.4 Å². The highest BCUT2D eigenvalue weighted by Crippen LogP contribution is 2.33. The van der Waals surface area contributed by atoms with Crippen molar-refractivity contribution in [2.24, 2.45) is 7.05 Å². The van der Waals surface area contributed by atoms with E-state index in [1.807, 2.05) is 25.4 Å². The van der Waals surface area contributed by atoms with E-state index in [4.69, 9.17) is 26.2 Å². The van der Waals surface area contributed by atoms with Gasteiger partial charge in [-0.15, -0.1) is 0 Å². The molecule has 0 atom stereocenters. The van der Waals surface area contributed by atoms with E-state index >= 15 is 0 Å². The number of rotatable bonds is 7. The molecule has 0 aliphatic carbocycles. The van der Waals surface area contributed by atoms with Gasteiger partial charge in [0.15, 0.2) is 16.7 Å². The number of nitrogens with zero attached hydrogens (tertiary/aromatic N) is 5. The van der Waals surface area contributed by atoms with Crippen molar-refractivity contribution in [3.63, 3.8) is 0 Å². The Kier molecular flexibility index (Phi) is 5.41. The first-order chi connectivity index (χ1) is 14.1. The molecule has 0 saturated carbocycles. The smallest absolute Gasteiger partial charge is 0.171 e. The molecular weight excluding hydrogens is 396 g/mol. The highest BCUT2D eigenvalue weighted by atomic mass is 35.5. The molecule has 4 aromatic rings. The number of aryl methyl sites for hydroxylation is 1. The number of halogens is 1. The summed E-state index contributed by atoms with van der Waals surface area (Å²) in [6, 6.07) is 8.86. The third-order valence-electron chi connectivity index (χ3n) is 3.94. The Morgan fingerprint density at radius 2 is 2.03 bits per heavy atom. The zero-order valence-electron chi connectivity index (χ0n) is 15.4. The maximum absolute atomic E-state index is 8.89. The molecule has 0 bridgehead atoms. The number of fused-ring (bicyclic) bond motifs is 1. The van der Waals surface area contributed by atoms with Gasteiger partial charge >= 0.3 is 0 Å². The summed E-state index contributed by atoms with van der Waals surface area (Å²) >= 11 is 6.15. The molecule has 0 unspecified atom stereocenters. The van der Waals surface area contributed by atoms with Crippen molar-refractivity contribution in [1.29, 1.82) is 0 Å². The lowest BCUT2D eigenvalue weighted by molar-refractivity contribution is 0.200. The lowest BCUT2D eigenvalue weighted by Crippen LogP contribution is -2.02. The van der Waals surface area contributed by atoms with Crippen LogP contribution in [0.15, 0.2) is 49.1 Å². The fraction of sp³-hybridized carbons (Fsp3) is 0.158. The minimum Gasteiger partial charge on any atom is -0.489 e. The number of anilines is 2. The van der Waals surface area contributed by atoms with Gasteiger partial charge in [-0.05, 0) is 18.2 Å². The number of benzene rings is 1. The van der Waals surface area contributed by atoms with Crippen molar-refractivity contribution < 1.29 is 14.6 Å². The van der Waals surface area contributed by atoms with Crippen LogP contribution in [0.25, 0.3) is 10.9 Å². The van der Waals surface area contributed by atoms with Gasteiger partial charge in [0.1, 0.15) is 30.3 Å². The predicted molar refractivity (Wildman–Crippen MR) is 108 cm³/mol. The number of aliphatic hydroxyl groups excluding tert-OH is 1. The van der Waals surface area contributed by atoms with Crippen molar-refractivity contribution in [1.82, 2.24) is 24.7 Å². The zero-order chi connectivity index (χ0) is 20.2. The van der Waals surface area contributed by atoms with Crippen molar-refractivity contribution in [3.8, 4) is 17.2 Å². The summed E-state index contributed by atoms with van der Waals surface area (Å²) in [6.07, 6.45) is 4.78. The van der Waals surface area contributed by atoms with Crippen LogP contribution in [0.1, 0.15) is 0 Å². The second kappa shape index (κ2) is 8.29. The molecule has 0 amide bonds. The fourth-order valence-electron chi connectivity index (χ4n) is 2.65. The lowest BCUT2D eigenvalue weighted by Gasteiger charge is -2.11. The van der Waals surface area contributed by atoms with Crippen LogP contribution in [-0.2, 0) is 7.05 Å². The average Bonchev–Trinajstić information content (AvgIpc) is 3.13. The number of aliphatic hydroxyl groups is 1. The molecule has 0 spiro atoms. The van der Waals surface area contributed by atoms with Crippen LogP contribution in [-0.4, -0.2) is 43.1 Å². The monoisotopic (exact) mass is 412 g/mol. The Morgan fingerprint density at radius 3 is 2.83 bits per heavy atom. The molecule has 1 aromatic carbocycles. The average molecular weight is 413 g/mol. The molecular formula is C19H17ClN6O3. The molecule has 4 rings (SSSR count). The number of hydrogen-bond donors (Lipinski definition) is 2. The first-order valence-electron chi connectivity index (χ1n) is 8.71. The third kappa shape index (κ3) is 4.36. The number of pyridine rings is 1. The SMILES string of the molecule is Cn1ccc(Nc2ncnc3ccc(Oc4cc(OCCO)cnc4Cl)cc23)n1. The van der Waals surface area contributed by atoms with Crippen LogP contribution in [0.4, 0.5) is 11.6 Å². The largest absolute Gasteiger partial charge is 0.489 e. The minimum absolute atomic E-state index is 0.102. The molecule has 0 aliphatic heterocycles. The van der Waals surface area contributed by atoms with E-state index < -0.39 is 0 Å². The molecule has 10 heteroatoms. The minimum atomic E-state index is -0.102. The molecule has 0 aliphatic rings. The summed E-state index contributed by atoms with van der Waals surface area (Å²) in [5.74, 6) is 2.57. The van der Waals surface area contributed by atoms with Crippen LogP contribution in [0, 0.1) is 0 Å². The molecule has 0 fully saturated rings. The summed E-state index contributed by atoms with van der Waals surface area (Å²) in [6.45, 7) is 0.0498. The van der Waals surface area contributed by atoms with E-state index in [1.165, 1.54) is 12.5 Å². The Balaban J connectivity index is 1.64. The predicted octanol–water partition coefficient (Wildman–Crippen LogP) is 3.32. The Hall–Kier alpha value is -3.43. The van der Waals surface area contributed by atoms with Gasteiger partial charge in [0, 0.05) is 30.8 Å². The van der Waals surface area contributed by atoms with Crippen LogP contribution in [0.3, 0.4) is 0 Å². The van der Waals surface area contributed by atoms with Crippen LogP contribution < -0.4 is 14.8 Å². The standard InChI is InChI=1S/C19H17ClN6O3/c1-26-5-4-17(25-26)24-19-14-8-12(2-3-15(14)22-11-23-19)29-16-9-13(28-7-6-27)10-21-18(16)20/h2-5,8-11,27H,6-7H2,1H3,(H,22,23,24,25). The molecule has 148 valence electrons. The zero-order valence-corrected chi connectivity index (χ0v) is 16.2. The van der Waals surface area contributed by atoms with Gasteiger partial charge in [-0.2, -0.15) is 5.10 Å². The normalized spacial score (nSPS) is 10.9. The van der Waals surface area contributed by atoms with Gasteiger partial charge in [-0.3, -0.25) is 4.68 Å². The molecule has 3 aromatic heterocycles. The Labute approximate surface area is 170 Å². The van der Waals surface area contributed by atoms with Crippen molar-refractivity contribution in [2.45, 2.75) is 0 Å². The quantitative estimate of drug-likeness (QED) is 0.445. The molecule has 3 heterocycles. The molecule has 2 N–H and O–H groups in total. The number of aromatic nitrogens is 5. The second-order valence-electron chi connectivity index (χ2n) is 6.03. The Morgan fingerprint density at radius 1 is 1.14 bits per heavy atom. The molecule has 0 saturated heterocycles. The molecule has 29 heavy (non-hydrogen) atoms. The lowest BCUT2D eigenvalue weighted by atomic mass is 10.2. The van der Waals surface area contributed by atoms with Crippen molar-refractivity contribution in [3.05, 3.63) is 54.2 Å². The van der Waals surface area contributed by atoms with E-state index in [0.717, 1.165) is 10.9 Å². The summed E-state index contributed by atoms with van der Waals surface area (Å²) in [7, 11) is 1.84. The van der Waals surface area contributed by atoms with Gasteiger partial charge in [-0.25, -0.2) is 15.0 Å². The number of ether oxygens (including phenoxy) is 2. The van der Waals surface area contributed by atoms with Gasteiger partial charge in [0.05, 0.1) is 18.3 Å². The van der Waals surface area contributed by atoms with Crippen molar-refractivity contribution >= 4 is 34.1 Å². The van der Waals surface area contributed by atoms with Crippen LogP contribution >= 0.6 is 11.6 Å². The maximum Gasteiger partial charge on any atom is 0.171 e. The van der Waals surface area contributed by atoms with E-state index in [-0.39, 0.29) is 18.4 Å². The van der Waals surface area contributed by atoms with Gasteiger partial charge in [-0.1, -0.05) is 11.6 Å². The first kappa shape index (κ1) is 18.9. The Bertz CT molecular complexity index is 1150. The highest BCUT2D eigenvalue weighted by Gasteiger charge is 2.11. The summed E-state index contributed by atoms with van der Waals surface area (Å²) in [5.41, 5.74) is 0.745. The van der Waals surface area contributed by atoms with E-state index in [9.17, 15) is 0 Å². The summed E-state index contributed by atoms with van der Waals surface area (Å²) < 4.78 is 13.0. The van der Waals surface area contributed by atoms with Crippen molar-refractivity contribution in [2.75, 3.05) is 18.5 Å². The highest BCUT2D eigenvalue weighted by molar-refractivity contribution is 6.30. The fourth-order valence-corrected chi connectivity index (χ4v) is 2.79. The van der Waals surface area contributed by atoms with Gasteiger partial charge in [0.25, 0.3) is 0 Å². The number of nitrogens with one attached hydrogen (secondary N) is 1. The second-order valence-corrected chi connectivity index (χ2v) is 6.39. The number of hydrogen-bond acceptors (Lipinski definition) is 8.